The van der Waals surface area contributed by atoms with Crippen LogP contribution in [-0.4, -0.2) is 28.0 Å². The number of carboxylic acid groups (broad SMARTS) is 1. The number of aromatic nitrogens is 1. The third-order valence-corrected chi connectivity index (χ3v) is 2.99. The van der Waals surface area contributed by atoms with E-state index < -0.39 is 23.3 Å². The Bertz CT molecular complexity index is 500. The van der Waals surface area contributed by atoms with Crippen LogP contribution in [0.3, 0.4) is 0 Å². The first-order valence-corrected chi connectivity index (χ1v) is 5.68. The molecule has 1 heterocycles. The first-order valence-electron chi connectivity index (χ1n) is 5.68. The number of nitrogens with zero attached hydrogens (tertiary/aromatic N) is 1. The SMILES string of the molecule is CC(NC(=O)c1ncc(F)cc1C(=O)O)C1CC1. The fourth-order valence-corrected chi connectivity index (χ4v) is 1.77. The van der Waals surface area contributed by atoms with E-state index in [4.69, 9.17) is 5.11 Å². The molecule has 1 aliphatic rings. The van der Waals surface area contributed by atoms with Crippen LogP contribution in [0.25, 0.3) is 0 Å². The van der Waals surface area contributed by atoms with Crippen LogP contribution in [0.2, 0.25) is 0 Å². The maximum atomic E-state index is 12.9. The Hall–Kier alpha value is -1.98. The standard InChI is InChI=1S/C12H13FN2O3/c1-6(7-2-3-7)15-11(16)10-9(12(17)18)4-8(13)5-14-10/h4-7H,2-3H2,1H3,(H,15,16)(H,17,18). The Morgan fingerprint density at radius 3 is 2.78 bits per heavy atom. The van der Waals surface area contributed by atoms with Crippen molar-refractivity contribution in [1.29, 1.82) is 0 Å². The van der Waals surface area contributed by atoms with Crippen LogP contribution in [0.15, 0.2) is 12.3 Å². The molecule has 1 aliphatic carbocycles. The molecule has 1 aromatic rings. The number of hydrogen-bond acceptors (Lipinski definition) is 3. The number of nitrogens with one attached hydrogen (secondary N) is 1. The number of carbonyl (C=O) groups excluding carboxylic acids is 1. The van der Waals surface area contributed by atoms with Gasteiger partial charge in [-0.25, -0.2) is 14.2 Å². The maximum Gasteiger partial charge on any atom is 0.338 e. The van der Waals surface area contributed by atoms with Gasteiger partial charge >= 0.3 is 5.97 Å². The van der Waals surface area contributed by atoms with Crippen LogP contribution >= 0.6 is 0 Å². The highest BCUT2D eigenvalue weighted by Gasteiger charge is 2.30. The molecule has 1 amide bonds. The normalized spacial score (nSPS) is 16.1. The molecular weight excluding hydrogens is 239 g/mol. The van der Waals surface area contributed by atoms with Gasteiger partial charge in [-0.15, -0.1) is 0 Å². The molecule has 18 heavy (non-hydrogen) atoms. The highest BCUT2D eigenvalue weighted by molar-refractivity contribution is 6.03. The van der Waals surface area contributed by atoms with Crippen molar-refractivity contribution < 1.29 is 19.1 Å². The first-order chi connectivity index (χ1) is 8.49. The predicted molar refractivity (Wildman–Crippen MR) is 60.8 cm³/mol. The number of halogens is 1. The highest BCUT2D eigenvalue weighted by Crippen LogP contribution is 2.32. The fraction of sp³-hybridized carbons (Fsp3) is 0.417. The van der Waals surface area contributed by atoms with E-state index in [0.29, 0.717) is 5.92 Å². The smallest absolute Gasteiger partial charge is 0.338 e. The lowest BCUT2D eigenvalue weighted by molar-refractivity contribution is 0.0688. The van der Waals surface area contributed by atoms with Gasteiger partial charge in [-0.05, 0) is 31.7 Å². The summed E-state index contributed by atoms with van der Waals surface area (Å²) in [7, 11) is 0. The second kappa shape index (κ2) is 4.72. The molecule has 2 N–H and O–H groups in total. The van der Waals surface area contributed by atoms with Gasteiger partial charge in [0, 0.05) is 6.04 Å². The van der Waals surface area contributed by atoms with E-state index in [-0.39, 0.29) is 11.7 Å². The summed E-state index contributed by atoms with van der Waals surface area (Å²) in [6.07, 6.45) is 2.96. The van der Waals surface area contributed by atoms with Crippen LogP contribution in [0.5, 0.6) is 0 Å². The van der Waals surface area contributed by atoms with Gasteiger partial charge < -0.3 is 10.4 Å². The van der Waals surface area contributed by atoms with Crippen LogP contribution in [0.4, 0.5) is 4.39 Å². The minimum atomic E-state index is -1.37. The summed E-state index contributed by atoms with van der Waals surface area (Å²) in [5.74, 6) is -2.28. The third kappa shape index (κ3) is 2.64. The van der Waals surface area contributed by atoms with Gasteiger partial charge in [-0.1, -0.05) is 0 Å². The molecule has 1 unspecified atom stereocenters. The topological polar surface area (TPSA) is 79.3 Å². The molecule has 0 spiro atoms. The third-order valence-electron chi connectivity index (χ3n) is 2.99. The lowest BCUT2D eigenvalue weighted by atomic mass is 10.1. The average Bonchev–Trinajstić information content (AvgIpc) is 3.12. The largest absolute Gasteiger partial charge is 0.478 e. The van der Waals surface area contributed by atoms with Crippen molar-refractivity contribution in [3.63, 3.8) is 0 Å². The van der Waals surface area contributed by atoms with Gasteiger partial charge in [0.2, 0.25) is 0 Å². The van der Waals surface area contributed by atoms with Gasteiger partial charge in [-0.2, -0.15) is 0 Å². The lowest BCUT2D eigenvalue weighted by Crippen LogP contribution is -2.35. The Labute approximate surface area is 103 Å². The quantitative estimate of drug-likeness (QED) is 0.850. The molecule has 2 rings (SSSR count). The first kappa shape index (κ1) is 12.5. The number of hydrogen-bond donors (Lipinski definition) is 2. The van der Waals surface area contributed by atoms with Crippen molar-refractivity contribution in [3.05, 3.63) is 29.3 Å². The lowest BCUT2D eigenvalue weighted by Gasteiger charge is -2.13. The molecule has 5 nitrogen and oxygen atoms in total. The molecule has 0 bridgehead atoms. The van der Waals surface area contributed by atoms with E-state index in [1.165, 1.54) is 0 Å². The summed E-state index contributed by atoms with van der Waals surface area (Å²) in [5, 5.41) is 11.6. The number of carboxylic acids is 1. The fourth-order valence-electron chi connectivity index (χ4n) is 1.77. The molecule has 0 aromatic carbocycles. The zero-order chi connectivity index (χ0) is 13.3. The van der Waals surface area contributed by atoms with Crippen molar-refractivity contribution >= 4 is 11.9 Å². The zero-order valence-electron chi connectivity index (χ0n) is 9.81. The summed E-state index contributed by atoms with van der Waals surface area (Å²) in [6, 6.07) is 0.775. The molecule has 1 aromatic heterocycles. The second-order valence-electron chi connectivity index (χ2n) is 4.45. The van der Waals surface area contributed by atoms with E-state index in [9.17, 15) is 14.0 Å². The number of amides is 1. The molecule has 0 aliphatic heterocycles. The van der Waals surface area contributed by atoms with Gasteiger partial charge in [0.15, 0.2) is 0 Å². The number of aromatic carboxylic acids is 1. The van der Waals surface area contributed by atoms with Gasteiger partial charge in [0.25, 0.3) is 5.91 Å². The minimum absolute atomic E-state index is 0.0222. The van der Waals surface area contributed by atoms with Crippen molar-refractivity contribution in [1.82, 2.24) is 10.3 Å². The van der Waals surface area contributed by atoms with E-state index in [1.807, 2.05) is 6.92 Å². The molecule has 1 saturated carbocycles. The molecular formula is C12H13FN2O3. The average molecular weight is 252 g/mol. The summed E-state index contributed by atoms with van der Waals surface area (Å²) in [6.45, 7) is 1.86. The highest BCUT2D eigenvalue weighted by atomic mass is 19.1. The van der Waals surface area contributed by atoms with Crippen LogP contribution in [0, 0.1) is 11.7 Å². The van der Waals surface area contributed by atoms with Gasteiger partial charge in [0.1, 0.15) is 11.5 Å². The summed E-state index contributed by atoms with van der Waals surface area (Å²) >= 11 is 0. The summed E-state index contributed by atoms with van der Waals surface area (Å²) in [5.41, 5.74) is -0.674. The molecule has 96 valence electrons. The van der Waals surface area contributed by atoms with Crippen LogP contribution < -0.4 is 5.32 Å². The molecule has 6 heteroatoms. The minimum Gasteiger partial charge on any atom is -0.478 e. The monoisotopic (exact) mass is 252 g/mol. The molecule has 1 fully saturated rings. The molecule has 1 atom stereocenters. The molecule has 0 radical (unpaired) electrons. The Morgan fingerprint density at radius 2 is 2.22 bits per heavy atom. The van der Waals surface area contributed by atoms with E-state index in [2.05, 4.69) is 10.3 Å². The Kier molecular flexibility index (Phi) is 3.27. The van der Waals surface area contributed by atoms with Crippen molar-refractivity contribution in [2.24, 2.45) is 5.92 Å². The Morgan fingerprint density at radius 1 is 1.56 bits per heavy atom. The van der Waals surface area contributed by atoms with Gasteiger partial charge in [0.05, 0.1) is 11.8 Å². The van der Waals surface area contributed by atoms with Crippen LogP contribution in [-0.2, 0) is 0 Å². The second-order valence-corrected chi connectivity index (χ2v) is 4.45. The van der Waals surface area contributed by atoms with E-state index in [0.717, 1.165) is 25.1 Å². The summed E-state index contributed by atoms with van der Waals surface area (Å²) < 4.78 is 12.9. The molecule has 0 saturated heterocycles. The van der Waals surface area contributed by atoms with Crippen molar-refractivity contribution in [2.75, 3.05) is 0 Å². The number of pyridine rings is 1. The van der Waals surface area contributed by atoms with Crippen molar-refractivity contribution in [2.45, 2.75) is 25.8 Å². The maximum absolute atomic E-state index is 12.9. The number of rotatable bonds is 4. The van der Waals surface area contributed by atoms with Crippen LogP contribution in [0.1, 0.15) is 40.6 Å². The predicted octanol–water partition coefficient (Wildman–Crippen LogP) is 1.45. The van der Waals surface area contributed by atoms with Gasteiger partial charge in [-0.3, -0.25) is 4.79 Å². The van der Waals surface area contributed by atoms with Crippen molar-refractivity contribution in [3.8, 4) is 0 Å². The summed E-state index contributed by atoms with van der Waals surface area (Å²) in [4.78, 5) is 26.4. The van der Waals surface area contributed by atoms with E-state index >= 15 is 0 Å². The zero-order valence-corrected chi connectivity index (χ0v) is 9.81. The number of carbonyl (C=O) groups is 2. The Balaban J connectivity index is 2.20. The van der Waals surface area contributed by atoms with E-state index in [1.54, 1.807) is 0 Å².